The average Bonchev–Trinajstić information content (AvgIpc) is 2.84. The van der Waals surface area contributed by atoms with Crippen LogP contribution in [0.1, 0.15) is 30.0 Å². The summed E-state index contributed by atoms with van der Waals surface area (Å²) >= 11 is 0. The van der Waals surface area contributed by atoms with E-state index in [0.717, 1.165) is 12.2 Å². The molecular formula is C29H26O3. The van der Waals surface area contributed by atoms with E-state index in [1.165, 1.54) is 23.6 Å². The van der Waals surface area contributed by atoms with E-state index in [1.807, 2.05) is 30.3 Å². The van der Waals surface area contributed by atoms with Crippen LogP contribution >= 0.6 is 0 Å². The summed E-state index contributed by atoms with van der Waals surface area (Å²) in [5.74, 6) is 0.915. The molecule has 0 aliphatic rings. The molecule has 4 aromatic carbocycles. The highest BCUT2D eigenvalue weighted by Crippen LogP contribution is 2.42. The monoisotopic (exact) mass is 422 g/mol. The maximum Gasteiger partial charge on any atom is 0.308 e. The van der Waals surface area contributed by atoms with Gasteiger partial charge in [0.15, 0.2) is 0 Å². The molecule has 3 nitrogen and oxygen atoms in total. The molecule has 0 heterocycles. The van der Waals surface area contributed by atoms with E-state index in [4.69, 9.17) is 9.47 Å². The molecule has 0 aliphatic carbocycles. The Balaban J connectivity index is 1.66. The molecule has 32 heavy (non-hydrogen) atoms. The van der Waals surface area contributed by atoms with Crippen LogP contribution in [0.25, 0.3) is 0 Å². The van der Waals surface area contributed by atoms with E-state index in [1.54, 1.807) is 12.1 Å². The summed E-state index contributed by atoms with van der Waals surface area (Å²) in [6, 6.07) is 38.9. The first-order valence-corrected chi connectivity index (χ1v) is 10.8. The van der Waals surface area contributed by atoms with Crippen molar-refractivity contribution in [1.29, 1.82) is 0 Å². The van der Waals surface area contributed by atoms with Gasteiger partial charge in [-0.1, -0.05) is 91.0 Å². The number of ether oxygens (including phenoxy) is 2. The standard InChI is InChI=1S/C29H26O3/c1-23(30)32-28-19-17-27(18-20-28)31-22-21-29(24-11-5-2-6-12-24,25-13-7-3-8-14-25)26-15-9-4-10-16-26/h2-20H,21-22H2,1H3. The van der Waals surface area contributed by atoms with E-state index >= 15 is 0 Å². The smallest absolute Gasteiger partial charge is 0.308 e. The number of carbonyl (C=O) groups excluding carboxylic acids is 1. The summed E-state index contributed by atoms with van der Waals surface area (Å²) in [6.45, 7) is 1.91. The Bertz CT molecular complexity index is 1020. The molecular weight excluding hydrogens is 396 g/mol. The fourth-order valence-corrected chi connectivity index (χ4v) is 4.19. The van der Waals surface area contributed by atoms with Gasteiger partial charge >= 0.3 is 5.97 Å². The molecule has 4 aromatic rings. The molecule has 0 aromatic heterocycles. The zero-order chi connectivity index (χ0) is 22.2. The normalized spacial score (nSPS) is 11.0. The van der Waals surface area contributed by atoms with Crippen LogP contribution in [0.3, 0.4) is 0 Å². The summed E-state index contributed by atoms with van der Waals surface area (Å²) in [5, 5.41) is 0. The Morgan fingerprint density at radius 3 is 1.44 bits per heavy atom. The lowest BCUT2D eigenvalue weighted by Crippen LogP contribution is -2.31. The van der Waals surface area contributed by atoms with Crippen LogP contribution in [0, 0.1) is 0 Å². The first-order chi connectivity index (χ1) is 15.7. The van der Waals surface area contributed by atoms with Crippen molar-refractivity contribution in [1.82, 2.24) is 0 Å². The SMILES string of the molecule is CC(=O)Oc1ccc(OCCC(c2ccccc2)(c2ccccc2)c2ccccc2)cc1. The summed E-state index contributed by atoms with van der Waals surface area (Å²) in [6.07, 6.45) is 0.761. The first kappa shape index (κ1) is 21.4. The summed E-state index contributed by atoms with van der Waals surface area (Å²) in [7, 11) is 0. The average molecular weight is 423 g/mol. The van der Waals surface area contributed by atoms with Crippen LogP contribution in [-0.4, -0.2) is 12.6 Å². The second-order valence-corrected chi connectivity index (χ2v) is 7.67. The Labute approximate surface area is 189 Å². The molecule has 0 spiro atoms. The van der Waals surface area contributed by atoms with Crippen LogP contribution in [-0.2, 0) is 10.2 Å². The van der Waals surface area contributed by atoms with Crippen molar-refractivity contribution in [2.45, 2.75) is 18.8 Å². The third-order valence-electron chi connectivity index (χ3n) is 5.63. The van der Waals surface area contributed by atoms with Gasteiger partial charge in [0.05, 0.1) is 6.61 Å². The van der Waals surface area contributed by atoms with Gasteiger partial charge in [0.1, 0.15) is 11.5 Å². The molecule has 160 valence electrons. The minimum Gasteiger partial charge on any atom is -0.494 e. The Morgan fingerprint density at radius 2 is 1.03 bits per heavy atom. The topological polar surface area (TPSA) is 35.5 Å². The molecule has 0 atom stereocenters. The van der Waals surface area contributed by atoms with Crippen LogP contribution in [0.5, 0.6) is 11.5 Å². The summed E-state index contributed by atoms with van der Waals surface area (Å²) in [4.78, 5) is 11.1. The van der Waals surface area contributed by atoms with Gasteiger partial charge in [-0.25, -0.2) is 0 Å². The minimum atomic E-state index is -0.346. The largest absolute Gasteiger partial charge is 0.494 e. The Kier molecular flexibility index (Phi) is 6.66. The number of benzene rings is 4. The van der Waals surface area contributed by atoms with Crippen molar-refractivity contribution in [3.8, 4) is 11.5 Å². The van der Waals surface area contributed by atoms with Gasteiger partial charge in [-0.05, 0) is 47.4 Å². The summed E-state index contributed by atoms with van der Waals surface area (Å²) in [5.41, 5.74) is 3.34. The van der Waals surface area contributed by atoms with E-state index < -0.39 is 0 Å². The molecule has 0 amide bonds. The predicted octanol–water partition coefficient (Wildman–Crippen LogP) is 6.42. The second kappa shape index (κ2) is 9.97. The molecule has 0 N–H and O–H groups in total. The number of carbonyl (C=O) groups is 1. The third-order valence-corrected chi connectivity index (χ3v) is 5.63. The lowest BCUT2D eigenvalue weighted by atomic mass is 9.67. The van der Waals surface area contributed by atoms with Crippen molar-refractivity contribution in [3.05, 3.63) is 132 Å². The van der Waals surface area contributed by atoms with Crippen molar-refractivity contribution in [2.75, 3.05) is 6.61 Å². The molecule has 0 radical (unpaired) electrons. The van der Waals surface area contributed by atoms with Crippen molar-refractivity contribution >= 4 is 5.97 Å². The van der Waals surface area contributed by atoms with Gasteiger partial charge in [0, 0.05) is 12.3 Å². The van der Waals surface area contributed by atoms with Gasteiger partial charge in [0.25, 0.3) is 0 Å². The van der Waals surface area contributed by atoms with Gasteiger partial charge in [-0.3, -0.25) is 4.79 Å². The highest BCUT2D eigenvalue weighted by atomic mass is 16.5. The Hall–Kier alpha value is -3.85. The van der Waals surface area contributed by atoms with Crippen LogP contribution in [0.4, 0.5) is 0 Å². The molecule has 0 saturated heterocycles. The molecule has 0 saturated carbocycles. The fourth-order valence-electron chi connectivity index (χ4n) is 4.19. The lowest BCUT2D eigenvalue weighted by molar-refractivity contribution is -0.131. The van der Waals surface area contributed by atoms with E-state index in [-0.39, 0.29) is 11.4 Å². The highest BCUT2D eigenvalue weighted by molar-refractivity contribution is 5.69. The lowest BCUT2D eigenvalue weighted by Gasteiger charge is -2.36. The maximum atomic E-state index is 11.1. The zero-order valence-electron chi connectivity index (χ0n) is 18.1. The second-order valence-electron chi connectivity index (χ2n) is 7.67. The third kappa shape index (κ3) is 4.73. The van der Waals surface area contributed by atoms with Crippen molar-refractivity contribution < 1.29 is 14.3 Å². The number of esters is 1. The van der Waals surface area contributed by atoms with E-state index in [9.17, 15) is 4.79 Å². The van der Waals surface area contributed by atoms with Crippen LogP contribution in [0.2, 0.25) is 0 Å². The van der Waals surface area contributed by atoms with Gasteiger partial charge < -0.3 is 9.47 Å². The zero-order valence-corrected chi connectivity index (χ0v) is 18.1. The highest BCUT2D eigenvalue weighted by Gasteiger charge is 2.36. The van der Waals surface area contributed by atoms with E-state index in [2.05, 4.69) is 72.8 Å². The molecule has 4 rings (SSSR count). The van der Waals surface area contributed by atoms with Crippen LogP contribution < -0.4 is 9.47 Å². The van der Waals surface area contributed by atoms with Gasteiger partial charge in [0.2, 0.25) is 0 Å². The van der Waals surface area contributed by atoms with Crippen molar-refractivity contribution in [3.63, 3.8) is 0 Å². The quantitative estimate of drug-likeness (QED) is 0.187. The maximum absolute atomic E-state index is 11.1. The number of hydrogen-bond acceptors (Lipinski definition) is 3. The Morgan fingerprint density at radius 1 is 0.625 bits per heavy atom. The number of hydrogen-bond donors (Lipinski definition) is 0. The van der Waals surface area contributed by atoms with Gasteiger partial charge in [-0.2, -0.15) is 0 Å². The molecule has 0 unspecified atom stereocenters. The van der Waals surface area contributed by atoms with Crippen LogP contribution in [0.15, 0.2) is 115 Å². The first-order valence-electron chi connectivity index (χ1n) is 10.8. The van der Waals surface area contributed by atoms with Gasteiger partial charge in [-0.15, -0.1) is 0 Å². The molecule has 0 aliphatic heterocycles. The molecule has 3 heteroatoms. The van der Waals surface area contributed by atoms with Crippen molar-refractivity contribution in [2.24, 2.45) is 0 Å². The summed E-state index contributed by atoms with van der Waals surface area (Å²) < 4.78 is 11.3. The minimum absolute atomic E-state index is 0.336. The molecule has 0 fully saturated rings. The number of rotatable bonds is 8. The molecule has 0 bridgehead atoms. The predicted molar refractivity (Wildman–Crippen MR) is 127 cm³/mol. The fraction of sp³-hybridized carbons (Fsp3) is 0.138. The van der Waals surface area contributed by atoms with E-state index in [0.29, 0.717) is 12.4 Å².